The van der Waals surface area contributed by atoms with Gasteiger partial charge in [-0.2, -0.15) is 0 Å². The number of hydrazine groups is 1. The molecule has 0 aromatic carbocycles. The summed E-state index contributed by atoms with van der Waals surface area (Å²) in [6, 6.07) is 1.67. The van der Waals surface area contributed by atoms with Crippen LogP contribution in [0.3, 0.4) is 0 Å². The molecule has 110 valence electrons. The highest BCUT2D eigenvalue weighted by Crippen LogP contribution is 2.34. The molecule has 2 rings (SSSR count). The monoisotopic (exact) mass is 277 g/mol. The van der Waals surface area contributed by atoms with Gasteiger partial charge >= 0.3 is 0 Å². The van der Waals surface area contributed by atoms with Gasteiger partial charge in [-0.3, -0.25) is 10.2 Å². The van der Waals surface area contributed by atoms with Gasteiger partial charge in [0.05, 0.1) is 0 Å². The average molecular weight is 277 g/mol. The number of aromatic nitrogens is 2. The van der Waals surface area contributed by atoms with Gasteiger partial charge in [-0.1, -0.05) is 26.2 Å². The van der Waals surface area contributed by atoms with Gasteiger partial charge in [0, 0.05) is 12.2 Å². The molecule has 1 aliphatic rings. The Morgan fingerprint density at radius 2 is 2.05 bits per heavy atom. The van der Waals surface area contributed by atoms with E-state index in [9.17, 15) is 4.79 Å². The molecule has 1 heterocycles. The molecule has 1 fully saturated rings. The Morgan fingerprint density at radius 3 is 2.70 bits per heavy atom. The van der Waals surface area contributed by atoms with Crippen molar-refractivity contribution in [3.63, 3.8) is 0 Å². The Morgan fingerprint density at radius 1 is 1.35 bits per heavy atom. The zero-order chi connectivity index (χ0) is 14.6. The largest absolute Gasteiger partial charge is 0.350 e. The van der Waals surface area contributed by atoms with Crippen molar-refractivity contribution in [2.45, 2.75) is 46.0 Å². The summed E-state index contributed by atoms with van der Waals surface area (Å²) in [5.74, 6) is 5.39. The van der Waals surface area contributed by atoms with E-state index in [0.29, 0.717) is 17.9 Å². The van der Waals surface area contributed by atoms with Gasteiger partial charge in [0.25, 0.3) is 5.91 Å². The number of rotatable bonds is 4. The zero-order valence-electron chi connectivity index (χ0n) is 12.2. The van der Waals surface area contributed by atoms with Crippen LogP contribution in [0.1, 0.15) is 55.2 Å². The second-order valence-corrected chi connectivity index (χ2v) is 5.92. The summed E-state index contributed by atoms with van der Waals surface area (Å²) in [4.78, 5) is 20.3. The van der Waals surface area contributed by atoms with E-state index in [1.54, 1.807) is 6.07 Å². The average Bonchev–Trinajstić information content (AvgIpc) is 2.45. The molecule has 1 aliphatic carbocycles. The maximum Gasteiger partial charge on any atom is 0.270 e. The maximum atomic E-state index is 12.2. The third-order valence-corrected chi connectivity index (χ3v) is 3.95. The van der Waals surface area contributed by atoms with Crippen molar-refractivity contribution < 1.29 is 4.79 Å². The number of aryl methyl sites for hydroxylation is 1. The second-order valence-electron chi connectivity index (χ2n) is 5.92. The standard InChI is InChI=1S/C14H23N5O/c1-10-8-11(18-13(17-10)19-15)12(20)16-9-14(2)6-4-3-5-7-14/h8H,3-7,9,15H2,1-2H3,(H,16,20)(H,17,18,19). The molecule has 0 atom stereocenters. The highest BCUT2D eigenvalue weighted by Gasteiger charge is 2.27. The van der Waals surface area contributed by atoms with Crippen molar-refractivity contribution in [3.8, 4) is 0 Å². The van der Waals surface area contributed by atoms with Crippen LogP contribution >= 0.6 is 0 Å². The van der Waals surface area contributed by atoms with Crippen LogP contribution in [-0.2, 0) is 0 Å². The van der Waals surface area contributed by atoms with Crippen LogP contribution in [0, 0.1) is 12.3 Å². The fraction of sp³-hybridized carbons (Fsp3) is 0.643. The summed E-state index contributed by atoms with van der Waals surface area (Å²) < 4.78 is 0. The van der Waals surface area contributed by atoms with Gasteiger partial charge in [0.15, 0.2) is 0 Å². The molecule has 6 heteroatoms. The Hall–Kier alpha value is -1.69. The van der Waals surface area contributed by atoms with Crippen LogP contribution in [0.25, 0.3) is 0 Å². The summed E-state index contributed by atoms with van der Waals surface area (Å²) >= 11 is 0. The Labute approximate surface area is 119 Å². The van der Waals surface area contributed by atoms with E-state index < -0.39 is 0 Å². The van der Waals surface area contributed by atoms with E-state index in [1.807, 2.05) is 6.92 Å². The molecule has 6 nitrogen and oxygen atoms in total. The highest BCUT2D eigenvalue weighted by atomic mass is 16.1. The lowest BCUT2D eigenvalue weighted by Crippen LogP contribution is -2.37. The number of hydrogen-bond donors (Lipinski definition) is 3. The molecular formula is C14H23N5O. The molecule has 0 aliphatic heterocycles. The smallest absolute Gasteiger partial charge is 0.270 e. The third kappa shape index (κ3) is 3.66. The van der Waals surface area contributed by atoms with E-state index in [1.165, 1.54) is 32.1 Å². The fourth-order valence-corrected chi connectivity index (χ4v) is 2.72. The van der Waals surface area contributed by atoms with E-state index >= 15 is 0 Å². The van der Waals surface area contributed by atoms with E-state index in [0.717, 1.165) is 0 Å². The molecule has 1 aromatic rings. The first-order valence-electron chi connectivity index (χ1n) is 7.13. The molecule has 0 saturated heterocycles. The van der Waals surface area contributed by atoms with Crippen molar-refractivity contribution in [1.82, 2.24) is 15.3 Å². The van der Waals surface area contributed by atoms with Crippen LogP contribution < -0.4 is 16.6 Å². The number of nitrogens with zero attached hydrogens (tertiary/aromatic N) is 2. The number of carbonyl (C=O) groups excluding carboxylic acids is 1. The second kappa shape index (κ2) is 6.17. The minimum absolute atomic E-state index is 0.168. The third-order valence-electron chi connectivity index (χ3n) is 3.95. The molecule has 0 spiro atoms. The summed E-state index contributed by atoms with van der Waals surface area (Å²) in [5.41, 5.74) is 3.65. The number of hydrogen-bond acceptors (Lipinski definition) is 5. The first-order valence-corrected chi connectivity index (χ1v) is 7.13. The number of anilines is 1. The van der Waals surface area contributed by atoms with Gasteiger partial charge in [-0.05, 0) is 31.2 Å². The van der Waals surface area contributed by atoms with Crippen molar-refractivity contribution >= 4 is 11.9 Å². The quantitative estimate of drug-likeness (QED) is 0.576. The van der Waals surface area contributed by atoms with E-state index in [2.05, 4.69) is 27.6 Å². The number of nitrogen functional groups attached to an aromatic ring is 1. The normalized spacial score (nSPS) is 17.6. The summed E-state index contributed by atoms with van der Waals surface area (Å²) in [5, 5.41) is 2.99. The molecule has 1 saturated carbocycles. The van der Waals surface area contributed by atoms with Crippen molar-refractivity contribution in [2.75, 3.05) is 12.0 Å². The summed E-state index contributed by atoms with van der Waals surface area (Å²) in [6.45, 7) is 4.74. The van der Waals surface area contributed by atoms with Crippen molar-refractivity contribution in [1.29, 1.82) is 0 Å². The maximum absolute atomic E-state index is 12.2. The van der Waals surface area contributed by atoms with Crippen LogP contribution in [0.15, 0.2) is 6.07 Å². The minimum atomic E-state index is -0.168. The molecule has 0 bridgehead atoms. The summed E-state index contributed by atoms with van der Waals surface area (Å²) in [6.07, 6.45) is 6.15. The van der Waals surface area contributed by atoms with Gasteiger partial charge < -0.3 is 5.32 Å². The van der Waals surface area contributed by atoms with Crippen LogP contribution in [-0.4, -0.2) is 22.4 Å². The predicted molar refractivity (Wildman–Crippen MR) is 78.1 cm³/mol. The number of nitrogens with two attached hydrogens (primary N) is 1. The molecule has 1 amide bonds. The van der Waals surface area contributed by atoms with Crippen LogP contribution in [0.4, 0.5) is 5.95 Å². The molecule has 0 radical (unpaired) electrons. The topological polar surface area (TPSA) is 92.9 Å². The van der Waals surface area contributed by atoms with Crippen molar-refractivity contribution in [2.24, 2.45) is 11.3 Å². The zero-order valence-corrected chi connectivity index (χ0v) is 12.2. The lowest BCUT2D eigenvalue weighted by atomic mass is 9.76. The van der Waals surface area contributed by atoms with Crippen LogP contribution in [0.5, 0.6) is 0 Å². The first-order chi connectivity index (χ1) is 9.52. The van der Waals surface area contributed by atoms with Gasteiger partial charge in [0.2, 0.25) is 5.95 Å². The predicted octanol–water partition coefficient (Wildman–Crippen LogP) is 1.77. The van der Waals surface area contributed by atoms with E-state index in [-0.39, 0.29) is 17.3 Å². The number of carbonyl (C=O) groups is 1. The molecule has 4 N–H and O–H groups in total. The van der Waals surface area contributed by atoms with E-state index in [4.69, 9.17) is 5.84 Å². The number of nitrogens with one attached hydrogen (secondary N) is 2. The Bertz CT molecular complexity index is 482. The molecule has 20 heavy (non-hydrogen) atoms. The van der Waals surface area contributed by atoms with Gasteiger partial charge in [-0.25, -0.2) is 15.8 Å². The van der Waals surface area contributed by atoms with Gasteiger partial charge in [0.1, 0.15) is 5.69 Å². The highest BCUT2D eigenvalue weighted by molar-refractivity contribution is 5.92. The molecule has 1 aromatic heterocycles. The fourth-order valence-electron chi connectivity index (χ4n) is 2.72. The molecule has 0 unspecified atom stereocenters. The van der Waals surface area contributed by atoms with Crippen LogP contribution in [0.2, 0.25) is 0 Å². The SMILES string of the molecule is Cc1cc(C(=O)NCC2(C)CCCCC2)nc(NN)n1. The lowest BCUT2D eigenvalue weighted by molar-refractivity contribution is 0.0914. The Kier molecular flexibility index (Phi) is 4.54. The molecular weight excluding hydrogens is 254 g/mol. The lowest BCUT2D eigenvalue weighted by Gasteiger charge is -2.33. The van der Waals surface area contributed by atoms with Crippen molar-refractivity contribution in [3.05, 3.63) is 17.5 Å². The number of amides is 1. The summed E-state index contributed by atoms with van der Waals surface area (Å²) in [7, 11) is 0. The minimum Gasteiger partial charge on any atom is -0.350 e. The first kappa shape index (κ1) is 14.7. The Balaban J connectivity index is 1.99. The van der Waals surface area contributed by atoms with Gasteiger partial charge in [-0.15, -0.1) is 0 Å².